The number of esters is 1. The number of aromatic nitrogens is 2. The standard InChI is InChI=1S/C13H19N3O6/c1-4-5-16-11(14)10(12(19)15(2)13(16)20)8(17)6-22-9(18)7-21-3/h4-7,14H2,1-3H3. The molecule has 0 bridgehead atoms. The maximum absolute atomic E-state index is 12.1. The molecule has 0 aromatic carbocycles. The van der Waals surface area contributed by atoms with Gasteiger partial charge in [0.2, 0.25) is 5.78 Å². The first-order valence-electron chi connectivity index (χ1n) is 6.62. The molecule has 0 spiro atoms. The number of ketones is 1. The van der Waals surface area contributed by atoms with Crippen LogP contribution in [-0.2, 0) is 27.9 Å². The van der Waals surface area contributed by atoms with E-state index in [9.17, 15) is 19.2 Å². The Kier molecular flexibility index (Phi) is 6.05. The van der Waals surface area contributed by atoms with Crippen LogP contribution in [0.1, 0.15) is 23.7 Å². The van der Waals surface area contributed by atoms with Gasteiger partial charge in [-0.25, -0.2) is 9.59 Å². The van der Waals surface area contributed by atoms with Crippen molar-refractivity contribution < 1.29 is 19.1 Å². The van der Waals surface area contributed by atoms with Crippen molar-refractivity contribution in [3.8, 4) is 0 Å². The van der Waals surface area contributed by atoms with E-state index in [2.05, 4.69) is 9.47 Å². The maximum atomic E-state index is 12.1. The van der Waals surface area contributed by atoms with Gasteiger partial charge in [0.1, 0.15) is 18.0 Å². The van der Waals surface area contributed by atoms with Crippen molar-refractivity contribution in [3.63, 3.8) is 0 Å². The van der Waals surface area contributed by atoms with Gasteiger partial charge in [0.05, 0.1) is 0 Å². The second-order valence-corrected chi connectivity index (χ2v) is 4.58. The van der Waals surface area contributed by atoms with Gasteiger partial charge in [-0.2, -0.15) is 0 Å². The molecule has 0 aliphatic heterocycles. The molecule has 22 heavy (non-hydrogen) atoms. The van der Waals surface area contributed by atoms with Gasteiger partial charge in [0.15, 0.2) is 6.61 Å². The molecule has 1 rings (SSSR count). The average Bonchev–Trinajstić information content (AvgIpc) is 2.48. The zero-order valence-electron chi connectivity index (χ0n) is 12.7. The molecule has 0 aliphatic carbocycles. The molecule has 0 saturated carbocycles. The minimum atomic E-state index is -0.817. The highest BCUT2D eigenvalue weighted by Gasteiger charge is 2.22. The van der Waals surface area contributed by atoms with Gasteiger partial charge in [0.25, 0.3) is 5.56 Å². The van der Waals surface area contributed by atoms with Gasteiger partial charge in [-0.3, -0.25) is 18.7 Å². The fourth-order valence-corrected chi connectivity index (χ4v) is 1.86. The quantitative estimate of drug-likeness (QED) is 0.501. The van der Waals surface area contributed by atoms with E-state index in [0.29, 0.717) is 6.42 Å². The summed E-state index contributed by atoms with van der Waals surface area (Å²) in [5.41, 5.74) is 3.99. The van der Waals surface area contributed by atoms with Crippen LogP contribution in [0.4, 0.5) is 5.82 Å². The molecule has 9 heteroatoms. The van der Waals surface area contributed by atoms with Crippen LogP contribution in [-0.4, -0.2) is 41.2 Å². The number of ether oxygens (including phenoxy) is 2. The van der Waals surface area contributed by atoms with Crippen molar-refractivity contribution >= 4 is 17.6 Å². The Bertz CT molecular complexity index is 688. The zero-order chi connectivity index (χ0) is 16.9. The van der Waals surface area contributed by atoms with Crippen LogP contribution in [0.15, 0.2) is 9.59 Å². The molecule has 122 valence electrons. The Labute approximate surface area is 126 Å². The highest BCUT2D eigenvalue weighted by Crippen LogP contribution is 2.06. The Morgan fingerprint density at radius 2 is 1.86 bits per heavy atom. The summed E-state index contributed by atoms with van der Waals surface area (Å²) in [5.74, 6) is -1.73. The highest BCUT2D eigenvalue weighted by molar-refractivity contribution is 6.01. The van der Waals surface area contributed by atoms with E-state index in [4.69, 9.17) is 5.73 Å². The summed E-state index contributed by atoms with van der Waals surface area (Å²) in [7, 11) is 2.56. The van der Waals surface area contributed by atoms with Gasteiger partial charge in [-0.15, -0.1) is 0 Å². The first-order chi connectivity index (χ1) is 10.3. The third-order valence-electron chi connectivity index (χ3n) is 2.94. The van der Waals surface area contributed by atoms with Crippen molar-refractivity contribution in [1.29, 1.82) is 0 Å². The molecule has 1 aromatic rings. The number of carbonyl (C=O) groups is 2. The number of hydrogen-bond acceptors (Lipinski definition) is 7. The van der Waals surface area contributed by atoms with Gasteiger partial charge < -0.3 is 15.2 Å². The van der Waals surface area contributed by atoms with Crippen molar-refractivity contribution in [2.24, 2.45) is 7.05 Å². The molecule has 9 nitrogen and oxygen atoms in total. The van der Waals surface area contributed by atoms with Crippen molar-refractivity contribution in [3.05, 3.63) is 26.4 Å². The number of nitrogen functional groups attached to an aromatic ring is 1. The van der Waals surface area contributed by atoms with Crippen molar-refractivity contribution in [1.82, 2.24) is 9.13 Å². The van der Waals surface area contributed by atoms with E-state index in [1.165, 1.54) is 14.2 Å². The van der Waals surface area contributed by atoms with E-state index in [0.717, 1.165) is 9.13 Å². The predicted octanol–water partition coefficient (Wildman–Crippen LogP) is -1.09. The van der Waals surface area contributed by atoms with Crippen molar-refractivity contribution in [2.45, 2.75) is 19.9 Å². The summed E-state index contributed by atoms with van der Waals surface area (Å²) in [6.45, 7) is 1.13. The number of nitrogens with zero attached hydrogens (tertiary/aromatic N) is 2. The Morgan fingerprint density at radius 3 is 2.41 bits per heavy atom. The Balaban J connectivity index is 3.19. The molecule has 0 unspecified atom stereocenters. The largest absolute Gasteiger partial charge is 0.456 e. The SMILES string of the molecule is CCCn1c(N)c(C(=O)COC(=O)COC)c(=O)n(C)c1=O. The van der Waals surface area contributed by atoms with Gasteiger partial charge in [0, 0.05) is 20.7 Å². The summed E-state index contributed by atoms with van der Waals surface area (Å²) in [6, 6.07) is 0. The fraction of sp³-hybridized carbons (Fsp3) is 0.538. The third-order valence-corrected chi connectivity index (χ3v) is 2.94. The lowest BCUT2D eigenvalue weighted by Gasteiger charge is -2.13. The number of hydrogen-bond donors (Lipinski definition) is 1. The molecule has 2 N–H and O–H groups in total. The Morgan fingerprint density at radius 1 is 1.23 bits per heavy atom. The van der Waals surface area contributed by atoms with Crippen LogP contribution in [0, 0.1) is 0 Å². The summed E-state index contributed by atoms with van der Waals surface area (Å²) in [4.78, 5) is 47.3. The highest BCUT2D eigenvalue weighted by atomic mass is 16.6. The van der Waals surface area contributed by atoms with Crippen LogP contribution in [0.2, 0.25) is 0 Å². The second-order valence-electron chi connectivity index (χ2n) is 4.58. The van der Waals surface area contributed by atoms with Gasteiger partial charge in [-0.1, -0.05) is 6.92 Å². The van der Waals surface area contributed by atoms with Crippen LogP contribution in [0.25, 0.3) is 0 Å². The summed E-state index contributed by atoms with van der Waals surface area (Å²) >= 11 is 0. The smallest absolute Gasteiger partial charge is 0.332 e. The van der Waals surface area contributed by atoms with E-state index in [-0.39, 0.29) is 24.5 Å². The molecule has 0 radical (unpaired) electrons. The van der Waals surface area contributed by atoms with E-state index in [1.807, 2.05) is 6.92 Å². The predicted molar refractivity (Wildman–Crippen MR) is 77.8 cm³/mol. The lowest BCUT2D eigenvalue weighted by Crippen LogP contribution is -2.43. The van der Waals surface area contributed by atoms with E-state index in [1.54, 1.807) is 0 Å². The molecular formula is C13H19N3O6. The molecule has 0 saturated heterocycles. The number of carbonyl (C=O) groups excluding carboxylic acids is 2. The van der Waals surface area contributed by atoms with E-state index >= 15 is 0 Å². The van der Waals surface area contributed by atoms with Crippen LogP contribution >= 0.6 is 0 Å². The number of anilines is 1. The first-order valence-corrected chi connectivity index (χ1v) is 6.62. The number of nitrogens with two attached hydrogens (primary N) is 1. The second kappa shape index (κ2) is 7.55. The molecule has 0 fully saturated rings. The molecule has 0 aliphatic rings. The average molecular weight is 313 g/mol. The molecule has 0 amide bonds. The maximum Gasteiger partial charge on any atom is 0.332 e. The lowest BCUT2D eigenvalue weighted by atomic mass is 10.2. The number of rotatable bonds is 7. The van der Waals surface area contributed by atoms with Gasteiger partial charge in [-0.05, 0) is 6.42 Å². The summed E-state index contributed by atoms with van der Waals surface area (Å²) < 4.78 is 11.2. The van der Waals surface area contributed by atoms with Crippen molar-refractivity contribution in [2.75, 3.05) is 26.1 Å². The van der Waals surface area contributed by atoms with Crippen LogP contribution in [0.3, 0.4) is 0 Å². The molecule has 1 aromatic heterocycles. The fourth-order valence-electron chi connectivity index (χ4n) is 1.86. The minimum Gasteiger partial charge on any atom is -0.456 e. The monoisotopic (exact) mass is 313 g/mol. The molecule has 0 atom stereocenters. The Hall–Kier alpha value is -2.42. The summed E-state index contributed by atoms with van der Waals surface area (Å²) in [5, 5.41) is 0. The lowest BCUT2D eigenvalue weighted by molar-refractivity contribution is -0.146. The molecular weight excluding hydrogens is 294 g/mol. The number of methoxy groups -OCH3 is 1. The van der Waals surface area contributed by atoms with Crippen LogP contribution < -0.4 is 17.0 Å². The van der Waals surface area contributed by atoms with E-state index < -0.39 is 29.6 Å². The first kappa shape index (κ1) is 17.6. The van der Waals surface area contributed by atoms with Crippen LogP contribution in [0.5, 0.6) is 0 Å². The molecule has 1 heterocycles. The number of Topliss-reactive ketones (excluding diaryl/α,β-unsaturated/α-hetero) is 1. The normalized spacial score (nSPS) is 10.5. The summed E-state index contributed by atoms with van der Waals surface area (Å²) in [6.07, 6.45) is 0.596. The van der Waals surface area contributed by atoms with Gasteiger partial charge >= 0.3 is 11.7 Å². The zero-order valence-corrected chi connectivity index (χ0v) is 12.7. The minimum absolute atomic E-state index is 0.220. The topological polar surface area (TPSA) is 123 Å². The third kappa shape index (κ3) is 3.61.